The highest BCUT2D eigenvalue weighted by atomic mass is 32.2. The summed E-state index contributed by atoms with van der Waals surface area (Å²) >= 11 is 0. The summed E-state index contributed by atoms with van der Waals surface area (Å²) in [6.45, 7) is 4.32. The summed E-state index contributed by atoms with van der Waals surface area (Å²) in [5.41, 5.74) is 1.23. The van der Waals surface area contributed by atoms with Gasteiger partial charge in [0.25, 0.3) is 0 Å². The van der Waals surface area contributed by atoms with Gasteiger partial charge in [0.15, 0.2) is 0 Å². The van der Waals surface area contributed by atoms with Gasteiger partial charge in [0.1, 0.15) is 0 Å². The van der Waals surface area contributed by atoms with Crippen LogP contribution in [0.4, 0.5) is 0 Å². The molecule has 0 saturated heterocycles. The number of rotatable bonds is 5. The Morgan fingerprint density at radius 3 is 2.55 bits per heavy atom. The summed E-state index contributed by atoms with van der Waals surface area (Å²) in [5.74, 6) is 0.754. The Balaban J connectivity index is 2.13. The minimum absolute atomic E-state index is 0.257. The molecule has 1 saturated carbocycles. The van der Waals surface area contributed by atoms with E-state index in [0.717, 1.165) is 23.7 Å². The maximum absolute atomic E-state index is 12.9. The molecule has 3 heteroatoms. The third kappa shape index (κ3) is 3.70. The molecule has 20 heavy (non-hydrogen) atoms. The Morgan fingerprint density at radius 1 is 1.25 bits per heavy atom. The van der Waals surface area contributed by atoms with Gasteiger partial charge in [0.05, 0.1) is 16.0 Å². The van der Waals surface area contributed by atoms with Gasteiger partial charge in [-0.15, -0.1) is 0 Å². The van der Waals surface area contributed by atoms with Crippen molar-refractivity contribution in [2.24, 2.45) is 5.92 Å². The van der Waals surface area contributed by atoms with Crippen molar-refractivity contribution in [3.05, 3.63) is 29.8 Å². The molecule has 0 spiro atoms. The molecular formula is C17H27NOS. The number of hydrogen-bond acceptors (Lipinski definition) is 2. The van der Waals surface area contributed by atoms with Crippen LogP contribution in [0.25, 0.3) is 0 Å². The number of nitrogens with one attached hydrogen (secondary N) is 1. The van der Waals surface area contributed by atoms with E-state index >= 15 is 0 Å². The Morgan fingerprint density at radius 2 is 1.95 bits per heavy atom. The minimum Gasteiger partial charge on any atom is -0.316 e. The van der Waals surface area contributed by atoms with Crippen LogP contribution in [0.3, 0.4) is 0 Å². The van der Waals surface area contributed by atoms with E-state index in [2.05, 4.69) is 31.3 Å². The molecule has 4 atom stereocenters. The molecule has 2 rings (SSSR count). The maximum Gasteiger partial charge on any atom is 0.0576 e. The van der Waals surface area contributed by atoms with E-state index in [1.165, 1.54) is 24.8 Å². The Hall–Kier alpha value is -0.670. The first-order chi connectivity index (χ1) is 9.65. The lowest BCUT2D eigenvalue weighted by atomic mass is 9.83. The van der Waals surface area contributed by atoms with Crippen LogP contribution in [0.1, 0.15) is 44.6 Å². The van der Waals surface area contributed by atoms with Gasteiger partial charge in [-0.3, -0.25) is 4.21 Å². The third-order valence-corrected chi connectivity index (χ3v) is 6.30. The number of aryl methyl sites for hydroxylation is 1. The van der Waals surface area contributed by atoms with Crippen molar-refractivity contribution in [2.45, 2.75) is 62.1 Å². The van der Waals surface area contributed by atoms with Crippen LogP contribution in [0, 0.1) is 12.8 Å². The molecule has 0 amide bonds. The lowest BCUT2D eigenvalue weighted by Gasteiger charge is -2.35. The zero-order valence-electron chi connectivity index (χ0n) is 12.9. The molecule has 0 bridgehead atoms. The topological polar surface area (TPSA) is 29.1 Å². The van der Waals surface area contributed by atoms with E-state index in [1.807, 2.05) is 19.2 Å². The lowest BCUT2D eigenvalue weighted by molar-refractivity contribution is 0.292. The zero-order valence-corrected chi connectivity index (χ0v) is 13.7. The van der Waals surface area contributed by atoms with Gasteiger partial charge >= 0.3 is 0 Å². The smallest absolute Gasteiger partial charge is 0.0576 e. The average Bonchev–Trinajstić information content (AvgIpc) is 2.47. The first-order valence-electron chi connectivity index (χ1n) is 7.80. The summed E-state index contributed by atoms with van der Waals surface area (Å²) < 4.78 is 12.9. The second kappa shape index (κ2) is 7.37. The van der Waals surface area contributed by atoms with Crippen molar-refractivity contribution < 1.29 is 4.21 Å². The van der Waals surface area contributed by atoms with Gasteiger partial charge < -0.3 is 5.32 Å². The van der Waals surface area contributed by atoms with Gasteiger partial charge in [-0.1, -0.05) is 37.5 Å². The van der Waals surface area contributed by atoms with Crippen molar-refractivity contribution in [1.29, 1.82) is 0 Å². The van der Waals surface area contributed by atoms with E-state index < -0.39 is 10.8 Å². The standard InChI is InChI=1S/C17H27NOS/c1-4-5-14-8-11-16(18-3)17(12-14)20(19)15-9-6-13(2)7-10-15/h6-7,9-10,14,16-18H,4-5,8,11-12H2,1-3H3. The molecular weight excluding hydrogens is 266 g/mol. The highest BCUT2D eigenvalue weighted by molar-refractivity contribution is 7.85. The molecule has 1 aromatic carbocycles. The van der Waals surface area contributed by atoms with Gasteiger partial charge in [0, 0.05) is 10.9 Å². The highest BCUT2D eigenvalue weighted by Crippen LogP contribution is 2.32. The highest BCUT2D eigenvalue weighted by Gasteiger charge is 2.33. The van der Waals surface area contributed by atoms with Crippen molar-refractivity contribution in [3.63, 3.8) is 0 Å². The summed E-state index contributed by atoms with van der Waals surface area (Å²) in [6.07, 6.45) is 6.04. The fourth-order valence-corrected chi connectivity index (χ4v) is 5.07. The molecule has 0 radical (unpaired) electrons. The van der Waals surface area contributed by atoms with Crippen LogP contribution in [0.15, 0.2) is 29.2 Å². The molecule has 112 valence electrons. The molecule has 4 unspecified atom stereocenters. The molecule has 0 heterocycles. The van der Waals surface area contributed by atoms with Gasteiger partial charge in [0.2, 0.25) is 0 Å². The largest absolute Gasteiger partial charge is 0.316 e. The van der Waals surface area contributed by atoms with Gasteiger partial charge in [-0.25, -0.2) is 0 Å². The molecule has 2 nitrogen and oxygen atoms in total. The van der Waals surface area contributed by atoms with Crippen molar-refractivity contribution in [2.75, 3.05) is 7.05 Å². The van der Waals surface area contributed by atoms with Crippen molar-refractivity contribution >= 4 is 10.8 Å². The monoisotopic (exact) mass is 293 g/mol. The van der Waals surface area contributed by atoms with E-state index in [1.54, 1.807) is 0 Å². The summed E-state index contributed by atoms with van der Waals surface area (Å²) in [6, 6.07) is 8.58. The maximum atomic E-state index is 12.9. The lowest BCUT2D eigenvalue weighted by Crippen LogP contribution is -2.44. The van der Waals surface area contributed by atoms with Gasteiger partial charge in [-0.2, -0.15) is 0 Å². The molecule has 1 aliphatic rings. The van der Waals surface area contributed by atoms with Crippen molar-refractivity contribution in [3.8, 4) is 0 Å². The SMILES string of the molecule is CCCC1CCC(NC)C(S(=O)c2ccc(C)cc2)C1. The Labute approximate surface area is 125 Å². The van der Waals surface area contributed by atoms with Crippen LogP contribution in [0.2, 0.25) is 0 Å². The average molecular weight is 293 g/mol. The van der Waals surface area contributed by atoms with Crippen LogP contribution in [0.5, 0.6) is 0 Å². The zero-order chi connectivity index (χ0) is 14.5. The molecule has 0 aromatic heterocycles. The Kier molecular flexibility index (Phi) is 5.79. The molecule has 1 aromatic rings. The first-order valence-corrected chi connectivity index (χ1v) is 9.01. The van der Waals surface area contributed by atoms with Crippen LogP contribution in [-0.4, -0.2) is 22.5 Å². The molecule has 0 aliphatic heterocycles. The van der Waals surface area contributed by atoms with E-state index in [4.69, 9.17) is 0 Å². The summed E-state index contributed by atoms with van der Waals surface area (Å²) in [5, 5.41) is 3.64. The van der Waals surface area contributed by atoms with E-state index in [-0.39, 0.29) is 5.25 Å². The summed E-state index contributed by atoms with van der Waals surface area (Å²) in [4.78, 5) is 0.984. The predicted octanol–water partition coefficient (Wildman–Crippen LogP) is 3.66. The van der Waals surface area contributed by atoms with Crippen molar-refractivity contribution in [1.82, 2.24) is 5.32 Å². The summed E-state index contributed by atoms with van der Waals surface area (Å²) in [7, 11) is 1.11. The molecule has 1 aliphatic carbocycles. The van der Waals surface area contributed by atoms with E-state index in [9.17, 15) is 4.21 Å². The predicted molar refractivity (Wildman–Crippen MR) is 86.5 cm³/mol. The fourth-order valence-electron chi connectivity index (χ4n) is 3.30. The van der Waals surface area contributed by atoms with Crippen LogP contribution in [-0.2, 0) is 10.8 Å². The second-order valence-corrected chi connectivity index (χ2v) is 7.68. The minimum atomic E-state index is -0.895. The number of benzene rings is 1. The molecule has 1 N–H and O–H groups in total. The van der Waals surface area contributed by atoms with Gasteiger partial charge in [-0.05, 0) is 51.3 Å². The Bertz CT molecular complexity index is 443. The quantitative estimate of drug-likeness (QED) is 0.897. The second-order valence-electron chi connectivity index (χ2n) is 6.01. The fraction of sp³-hybridized carbons (Fsp3) is 0.647. The van der Waals surface area contributed by atoms with Crippen LogP contribution >= 0.6 is 0 Å². The van der Waals surface area contributed by atoms with Crippen LogP contribution < -0.4 is 5.32 Å². The normalized spacial score (nSPS) is 28.2. The molecule has 1 fully saturated rings. The first kappa shape index (κ1) is 15.7. The number of hydrogen-bond donors (Lipinski definition) is 1. The third-order valence-electron chi connectivity index (χ3n) is 4.50. The van der Waals surface area contributed by atoms with E-state index in [0.29, 0.717) is 6.04 Å².